The van der Waals surface area contributed by atoms with E-state index in [-0.39, 0.29) is 17.4 Å². The van der Waals surface area contributed by atoms with Crippen LogP contribution in [-0.4, -0.2) is 52.4 Å². The molecule has 0 aromatic carbocycles. The Bertz CT molecular complexity index is 1510. The van der Waals surface area contributed by atoms with Crippen LogP contribution in [0.4, 0.5) is 5.95 Å². The van der Waals surface area contributed by atoms with Gasteiger partial charge in [0.2, 0.25) is 11.8 Å². The molecule has 5 rings (SSSR count). The van der Waals surface area contributed by atoms with Gasteiger partial charge < -0.3 is 14.4 Å². The number of nitrogens with one attached hydrogen (secondary N) is 1. The topological polar surface area (TPSA) is 133 Å². The minimum Gasteiger partial charge on any atom is -0.480 e. The zero-order valence-electron chi connectivity index (χ0n) is 19.9. The highest BCUT2D eigenvalue weighted by Gasteiger charge is 2.41. The van der Waals surface area contributed by atoms with Crippen molar-refractivity contribution in [1.82, 2.24) is 34.3 Å². The Morgan fingerprint density at radius 3 is 2.67 bits per heavy atom. The van der Waals surface area contributed by atoms with Crippen LogP contribution in [0.25, 0.3) is 11.2 Å². The molecule has 2 N–H and O–H groups in total. The van der Waals surface area contributed by atoms with Gasteiger partial charge in [0.25, 0.3) is 5.91 Å². The average molecular weight is 505 g/mol. The molecule has 0 aliphatic carbocycles. The van der Waals surface area contributed by atoms with E-state index in [2.05, 4.69) is 25.4 Å². The highest BCUT2D eigenvalue weighted by molar-refractivity contribution is 7.10. The first-order valence-corrected chi connectivity index (χ1v) is 12.2. The summed E-state index contributed by atoms with van der Waals surface area (Å²) in [5, 5.41) is 20.9. The van der Waals surface area contributed by atoms with Crippen LogP contribution in [0.2, 0.25) is 0 Å². The summed E-state index contributed by atoms with van der Waals surface area (Å²) in [6, 6.07) is 10.7. The lowest BCUT2D eigenvalue weighted by molar-refractivity contribution is 0.102. The predicted octanol–water partition coefficient (Wildman–Crippen LogP) is 3.06. The number of hydrogen-bond acceptors (Lipinski definition) is 9. The first-order valence-electron chi connectivity index (χ1n) is 11.3. The van der Waals surface area contributed by atoms with Crippen LogP contribution in [0, 0.1) is 0 Å². The quantitative estimate of drug-likeness (QED) is 0.329. The molecule has 0 aliphatic rings. The zero-order chi connectivity index (χ0) is 25.3. The van der Waals surface area contributed by atoms with Crippen molar-refractivity contribution in [3.63, 3.8) is 0 Å². The van der Waals surface area contributed by atoms with Crippen molar-refractivity contribution in [3.8, 4) is 5.88 Å². The number of ether oxygens (including phenoxy) is 1. The Morgan fingerprint density at radius 1 is 1.17 bits per heavy atom. The number of carbonyl (C=O) groups excluding carboxylic acids is 1. The summed E-state index contributed by atoms with van der Waals surface area (Å²) >= 11 is 1.40. The molecule has 0 saturated heterocycles. The highest BCUT2D eigenvalue weighted by atomic mass is 32.1. The van der Waals surface area contributed by atoms with E-state index >= 15 is 0 Å². The number of imidazole rings is 1. The second-order valence-electron chi connectivity index (χ2n) is 7.85. The first kappa shape index (κ1) is 23.6. The number of aliphatic hydroxyl groups is 1. The number of anilines is 1. The first-order chi connectivity index (χ1) is 17.5. The fraction of sp³-hybridized carbons (Fsp3) is 0.250. The van der Waals surface area contributed by atoms with Crippen LogP contribution in [0.5, 0.6) is 5.88 Å². The maximum atomic E-state index is 13.1. The minimum atomic E-state index is -1.63. The number of fused-ring (bicyclic) bond motifs is 1. The Hall–Kier alpha value is -4.16. The predicted molar refractivity (Wildman–Crippen MR) is 134 cm³/mol. The van der Waals surface area contributed by atoms with Crippen LogP contribution in [0.15, 0.2) is 54.3 Å². The van der Waals surface area contributed by atoms with E-state index in [1.165, 1.54) is 24.8 Å². The summed E-state index contributed by atoms with van der Waals surface area (Å²) in [7, 11) is 1.43. The molecule has 1 unspecified atom stereocenters. The van der Waals surface area contributed by atoms with Gasteiger partial charge >= 0.3 is 0 Å². The van der Waals surface area contributed by atoms with Crippen molar-refractivity contribution in [2.75, 3.05) is 12.4 Å². The van der Waals surface area contributed by atoms with E-state index in [9.17, 15) is 9.90 Å². The fourth-order valence-electron chi connectivity index (χ4n) is 4.03. The van der Waals surface area contributed by atoms with Gasteiger partial charge in [0.05, 0.1) is 18.3 Å². The molecule has 5 heterocycles. The summed E-state index contributed by atoms with van der Waals surface area (Å²) in [4.78, 5) is 31.6. The molecular weight excluding hydrogens is 480 g/mol. The van der Waals surface area contributed by atoms with E-state index in [1.807, 2.05) is 42.0 Å². The number of aromatic nitrogens is 7. The summed E-state index contributed by atoms with van der Waals surface area (Å²) in [6.45, 7) is 4.95. The maximum Gasteiger partial charge on any atom is 0.263 e. The SMILES string of the molecule is CCn1cnc(NC(=O)c2cc3c(nc2OC)nc(C(O)(c2ccccn2)c2cccs2)n3CC)n1. The number of methoxy groups -OCH3 is 1. The monoisotopic (exact) mass is 504 g/mol. The van der Waals surface area contributed by atoms with E-state index in [0.717, 1.165) is 0 Å². The van der Waals surface area contributed by atoms with Gasteiger partial charge in [-0.05, 0) is 43.5 Å². The molecule has 12 heteroatoms. The number of pyridine rings is 2. The molecule has 1 amide bonds. The second kappa shape index (κ2) is 9.47. The normalized spacial score (nSPS) is 13.0. The largest absolute Gasteiger partial charge is 0.480 e. The highest BCUT2D eigenvalue weighted by Crippen LogP contribution is 2.39. The smallest absolute Gasteiger partial charge is 0.263 e. The molecule has 36 heavy (non-hydrogen) atoms. The van der Waals surface area contributed by atoms with E-state index in [1.54, 1.807) is 29.1 Å². The van der Waals surface area contributed by atoms with Crippen LogP contribution in [0.1, 0.15) is 40.6 Å². The number of hydrogen-bond donors (Lipinski definition) is 2. The van der Waals surface area contributed by atoms with E-state index in [4.69, 9.17) is 9.72 Å². The number of rotatable bonds is 8. The number of nitrogens with zero attached hydrogens (tertiary/aromatic N) is 7. The third kappa shape index (κ3) is 3.89. The van der Waals surface area contributed by atoms with Crippen molar-refractivity contribution in [2.24, 2.45) is 0 Å². The molecule has 0 spiro atoms. The van der Waals surface area contributed by atoms with Gasteiger partial charge in [0.1, 0.15) is 11.9 Å². The minimum absolute atomic E-state index is 0.0970. The lowest BCUT2D eigenvalue weighted by atomic mass is 9.95. The van der Waals surface area contributed by atoms with Crippen molar-refractivity contribution >= 4 is 34.4 Å². The average Bonchev–Trinajstić information content (AvgIpc) is 3.67. The molecule has 1 atom stereocenters. The van der Waals surface area contributed by atoms with Crippen molar-refractivity contribution in [1.29, 1.82) is 0 Å². The lowest BCUT2D eigenvalue weighted by Crippen LogP contribution is -2.32. The van der Waals surface area contributed by atoms with Gasteiger partial charge in [-0.2, -0.15) is 4.98 Å². The molecule has 0 aliphatic heterocycles. The Labute approximate surface area is 210 Å². The van der Waals surface area contributed by atoms with E-state index in [0.29, 0.717) is 40.6 Å². The second-order valence-corrected chi connectivity index (χ2v) is 8.80. The lowest BCUT2D eigenvalue weighted by Gasteiger charge is -2.26. The van der Waals surface area contributed by atoms with E-state index < -0.39 is 11.5 Å². The number of carbonyl (C=O) groups is 1. The molecule has 0 saturated carbocycles. The van der Waals surface area contributed by atoms with Gasteiger partial charge in [-0.3, -0.25) is 19.8 Å². The standard InChI is InChI=1S/C24H24N8O3S/c1-4-31-14-26-23(30-31)29-20(33)15-13-16-19(27-21(15)35-3)28-22(32(16)5-2)24(34,18-10-8-12-36-18)17-9-6-7-11-25-17/h6-14,34H,4-5H2,1-3H3,(H,29,30,33). The van der Waals surface area contributed by atoms with Crippen molar-refractivity contribution in [2.45, 2.75) is 32.5 Å². The molecule has 11 nitrogen and oxygen atoms in total. The summed E-state index contributed by atoms with van der Waals surface area (Å²) in [6.07, 6.45) is 3.17. The van der Waals surface area contributed by atoms with Crippen LogP contribution in [-0.2, 0) is 18.7 Å². The number of amides is 1. The molecule has 0 bridgehead atoms. The molecular formula is C24H24N8O3S. The molecule has 5 aromatic rings. The van der Waals surface area contributed by atoms with Gasteiger partial charge in [-0.25, -0.2) is 9.97 Å². The fourth-order valence-corrected chi connectivity index (χ4v) is 4.86. The third-order valence-electron chi connectivity index (χ3n) is 5.78. The zero-order valence-corrected chi connectivity index (χ0v) is 20.7. The maximum absolute atomic E-state index is 13.1. The van der Waals surface area contributed by atoms with Crippen LogP contribution in [0.3, 0.4) is 0 Å². The molecule has 0 fully saturated rings. The number of thiophene rings is 1. The van der Waals surface area contributed by atoms with Crippen molar-refractivity contribution < 1.29 is 14.6 Å². The van der Waals surface area contributed by atoms with Gasteiger partial charge in [-0.15, -0.1) is 16.4 Å². The molecule has 0 radical (unpaired) electrons. The third-order valence-corrected chi connectivity index (χ3v) is 6.76. The Balaban J connectivity index is 1.66. The number of aryl methyl sites for hydroxylation is 2. The van der Waals surface area contributed by atoms with Crippen LogP contribution < -0.4 is 10.1 Å². The van der Waals surface area contributed by atoms with Gasteiger partial charge in [0, 0.05) is 24.2 Å². The summed E-state index contributed by atoms with van der Waals surface area (Å²) in [5.74, 6) is 0.144. The van der Waals surface area contributed by atoms with Gasteiger partial charge in [-0.1, -0.05) is 12.1 Å². The van der Waals surface area contributed by atoms with Crippen LogP contribution >= 0.6 is 11.3 Å². The van der Waals surface area contributed by atoms with Gasteiger partial charge in [0.15, 0.2) is 17.1 Å². The Kier molecular flexibility index (Phi) is 6.20. The van der Waals surface area contributed by atoms with Crippen molar-refractivity contribution in [3.05, 3.63) is 76.3 Å². The molecule has 5 aromatic heterocycles. The molecule has 184 valence electrons. The summed E-state index contributed by atoms with van der Waals surface area (Å²) in [5.41, 5.74) is -0.106. The summed E-state index contributed by atoms with van der Waals surface area (Å²) < 4.78 is 8.86. The Morgan fingerprint density at radius 2 is 2.03 bits per heavy atom.